The summed E-state index contributed by atoms with van der Waals surface area (Å²) >= 11 is 0. The van der Waals surface area contributed by atoms with Crippen molar-refractivity contribution in [3.63, 3.8) is 0 Å². The molecule has 0 aliphatic heterocycles. The van der Waals surface area contributed by atoms with Crippen LogP contribution in [0.15, 0.2) is 29.4 Å². The number of hydrogen-bond acceptors (Lipinski definition) is 4. The van der Waals surface area contributed by atoms with Gasteiger partial charge in [0, 0.05) is 6.20 Å². The molecule has 0 saturated heterocycles. The van der Waals surface area contributed by atoms with Crippen LogP contribution < -0.4 is 0 Å². The number of aromatic nitrogens is 1. The van der Waals surface area contributed by atoms with Crippen LogP contribution in [0.4, 0.5) is 0 Å². The van der Waals surface area contributed by atoms with Gasteiger partial charge in [-0.2, -0.15) is 0 Å². The summed E-state index contributed by atoms with van der Waals surface area (Å²) in [6.07, 6.45) is 1.25. The molecule has 1 heterocycles. The minimum atomic E-state index is -4.36. The minimum Gasteiger partial charge on any atom is -0.743 e. The Morgan fingerprint density at radius 1 is 1.36 bits per heavy atom. The van der Waals surface area contributed by atoms with Crippen LogP contribution >= 0.6 is 0 Å². The van der Waals surface area contributed by atoms with E-state index in [4.69, 9.17) is 0 Å². The summed E-state index contributed by atoms with van der Waals surface area (Å²) in [5, 5.41) is -0.435. The number of hydrogen-bond donors (Lipinski definition) is 0. The third-order valence-corrected chi connectivity index (χ3v) is 1.65. The van der Waals surface area contributed by atoms with Crippen LogP contribution in [0.1, 0.15) is 0 Å². The topological polar surface area (TPSA) is 70.1 Å². The predicted octanol–water partition coefficient (Wildman–Crippen LogP) is -0.0168. The van der Waals surface area contributed by atoms with Crippen LogP contribution in [0.5, 0.6) is 0 Å². The summed E-state index contributed by atoms with van der Waals surface area (Å²) in [5.74, 6) is 0. The van der Waals surface area contributed by atoms with Gasteiger partial charge in [-0.05, 0) is 12.1 Å². The number of pyridine rings is 1. The molecule has 0 spiro atoms. The van der Waals surface area contributed by atoms with Gasteiger partial charge in [0.1, 0.15) is 15.1 Å². The van der Waals surface area contributed by atoms with Crippen LogP contribution in [0.3, 0.4) is 0 Å². The Morgan fingerprint density at radius 2 is 2.00 bits per heavy atom. The van der Waals surface area contributed by atoms with E-state index in [0.717, 1.165) is 6.07 Å². The van der Waals surface area contributed by atoms with Gasteiger partial charge in [0.05, 0.1) is 0 Å². The van der Waals surface area contributed by atoms with Crippen molar-refractivity contribution in [3.05, 3.63) is 24.4 Å². The smallest absolute Gasteiger partial charge is 0.743 e. The molecule has 64 valence electrons. The molecule has 0 radical (unpaired) electrons. The van der Waals surface area contributed by atoms with Gasteiger partial charge in [0.2, 0.25) is 0 Å². The van der Waals surface area contributed by atoms with E-state index in [1.54, 1.807) is 0 Å². The maximum absolute atomic E-state index is 10.2. The van der Waals surface area contributed by atoms with Crippen molar-refractivity contribution in [2.24, 2.45) is 0 Å². The fourth-order valence-electron chi connectivity index (χ4n) is 0.495. The first-order valence-electron chi connectivity index (χ1n) is 2.47. The third kappa shape index (κ3) is 3.13. The van der Waals surface area contributed by atoms with E-state index in [1.165, 1.54) is 18.3 Å². The van der Waals surface area contributed by atoms with Crippen LogP contribution in [-0.2, 0) is 32.5 Å². The van der Waals surface area contributed by atoms with E-state index in [1.807, 2.05) is 0 Å². The molecular formula is C5H4AgNO3S. The molecular weight excluding hydrogens is 262 g/mol. The van der Waals surface area contributed by atoms with E-state index >= 15 is 0 Å². The van der Waals surface area contributed by atoms with Crippen molar-refractivity contribution < 1.29 is 35.4 Å². The van der Waals surface area contributed by atoms with E-state index in [-0.39, 0.29) is 22.4 Å². The van der Waals surface area contributed by atoms with Gasteiger partial charge in [-0.3, -0.25) is 0 Å². The molecule has 6 heteroatoms. The Hall–Kier alpha value is -0.200. The fourth-order valence-corrected chi connectivity index (χ4v) is 0.930. The van der Waals surface area contributed by atoms with Crippen LogP contribution in [0.25, 0.3) is 0 Å². The molecule has 1 aromatic rings. The van der Waals surface area contributed by atoms with Gasteiger partial charge < -0.3 is 4.55 Å². The number of nitrogens with zero attached hydrogens (tertiary/aromatic N) is 1. The molecule has 0 aromatic carbocycles. The summed E-state index contributed by atoms with van der Waals surface area (Å²) in [7, 11) is -4.36. The van der Waals surface area contributed by atoms with Crippen molar-refractivity contribution in [3.8, 4) is 0 Å². The Labute approximate surface area is 79.9 Å². The summed E-state index contributed by atoms with van der Waals surface area (Å²) in [5.41, 5.74) is 0. The van der Waals surface area contributed by atoms with Crippen molar-refractivity contribution in [2.45, 2.75) is 5.03 Å². The maximum atomic E-state index is 10.2. The third-order valence-electron chi connectivity index (χ3n) is 0.894. The predicted molar refractivity (Wildman–Crippen MR) is 32.2 cm³/mol. The Morgan fingerprint density at radius 3 is 2.27 bits per heavy atom. The number of rotatable bonds is 1. The van der Waals surface area contributed by atoms with Crippen LogP contribution in [0.2, 0.25) is 0 Å². The molecule has 4 nitrogen and oxygen atoms in total. The van der Waals surface area contributed by atoms with Crippen molar-refractivity contribution in [1.29, 1.82) is 0 Å². The molecule has 0 saturated carbocycles. The molecule has 0 bridgehead atoms. The molecule has 1 aromatic heterocycles. The van der Waals surface area contributed by atoms with Crippen molar-refractivity contribution >= 4 is 10.1 Å². The Bertz CT molecular complexity index is 310. The maximum Gasteiger partial charge on any atom is 1.00 e. The second kappa shape index (κ2) is 3.99. The Kier molecular flexibility index (Phi) is 3.91. The average molecular weight is 266 g/mol. The summed E-state index contributed by atoms with van der Waals surface area (Å²) in [6, 6.07) is 4.13. The van der Waals surface area contributed by atoms with Crippen LogP contribution in [0, 0.1) is 0 Å². The zero-order chi connectivity index (χ0) is 7.61. The minimum absolute atomic E-state index is 0. The largest absolute Gasteiger partial charge is 1.00 e. The normalized spacial score (nSPS) is 10.3. The van der Waals surface area contributed by atoms with Gasteiger partial charge in [-0.25, -0.2) is 13.4 Å². The van der Waals surface area contributed by atoms with Crippen LogP contribution in [-0.4, -0.2) is 18.0 Å². The SMILES string of the molecule is O=S(=O)([O-])c1ccccn1.[Ag+]. The van der Waals surface area contributed by atoms with E-state index in [0.29, 0.717) is 0 Å². The monoisotopic (exact) mass is 265 g/mol. The molecule has 11 heavy (non-hydrogen) atoms. The second-order valence-electron chi connectivity index (χ2n) is 1.62. The van der Waals surface area contributed by atoms with E-state index < -0.39 is 15.1 Å². The molecule has 0 amide bonds. The molecule has 0 aliphatic rings. The quantitative estimate of drug-likeness (QED) is 0.529. The zero-order valence-electron chi connectivity index (χ0n) is 5.19. The summed E-state index contributed by atoms with van der Waals surface area (Å²) in [4.78, 5) is 3.35. The van der Waals surface area contributed by atoms with Gasteiger partial charge in [0.15, 0.2) is 0 Å². The van der Waals surface area contributed by atoms with E-state index in [2.05, 4.69) is 4.98 Å². The molecule has 0 N–H and O–H groups in total. The second-order valence-corrected chi connectivity index (χ2v) is 2.95. The molecule has 0 aliphatic carbocycles. The molecule has 0 fully saturated rings. The first-order chi connectivity index (χ1) is 4.61. The summed E-state index contributed by atoms with van der Waals surface area (Å²) in [6.45, 7) is 0. The van der Waals surface area contributed by atoms with Gasteiger partial charge >= 0.3 is 22.4 Å². The average Bonchev–Trinajstić information content (AvgIpc) is 1.88. The fraction of sp³-hybridized carbons (Fsp3) is 0. The standard InChI is InChI=1S/C5H5NO3S.Ag/c7-10(8,9)5-3-1-2-4-6-5;/h1-4H,(H,7,8,9);/q;+1/p-1. The van der Waals surface area contributed by atoms with E-state index in [9.17, 15) is 13.0 Å². The molecule has 0 atom stereocenters. The van der Waals surface area contributed by atoms with Crippen molar-refractivity contribution in [2.75, 3.05) is 0 Å². The molecule has 1 rings (SSSR count). The van der Waals surface area contributed by atoms with Crippen molar-refractivity contribution in [1.82, 2.24) is 4.98 Å². The molecule has 0 unspecified atom stereocenters. The van der Waals surface area contributed by atoms with Gasteiger partial charge in [-0.1, -0.05) is 6.07 Å². The Balaban J connectivity index is 0.000001000. The first-order valence-corrected chi connectivity index (χ1v) is 3.88. The van der Waals surface area contributed by atoms with Gasteiger partial charge in [0.25, 0.3) is 0 Å². The van der Waals surface area contributed by atoms with Gasteiger partial charge in [-0.15, -0.1) is 0 Å². The first kappa shape index (κ1) is 10.8. The zero-order valence-corrected chi connectivity index (χ0v) is 7.49. The summed E-state index contributed by atoms with van der Waals surface area (Å²) < 4.78 is 30.6.